The molecule has 1 unspecified atom stereocenters. The predicted octanol–water partition coefficient (Wildman–Crippen LogP) is 3.36. The maximum atomic E-state index is 13.8. The number of benzene rings is 2. The van der Waals surface area contributed by atoms with E-state index in [0.29, 0.717) is 11.3 Å². The molecule has 0 amide bonds. The summed E-state index contributed by atoms with van der Waals surface area (Å²) < 4.78 is 32.4. The first-order valence-electron chi connectivity index (χ1n) is 5.81. The highest BCUT2D eigenvalue weighted by atomic mass is 19.2. The molecule has 0 aliphatic rings. The highest BCUT2D eigenvalue weighted by Crippen LogP contribution is 2.28. The van der Waals surface area contributed by atoms with Gasteiger partial charge in [-0.2, -0.15) is 0 Å². The molecule has 1 atom stereocenters. The smallest absolute Gasteiger partial charge is 0.165 e. The average Bonchev–Trinajstić information content (AvgIpc) is 2.44. The molecule has 0 fully saturated rings. The van der Waals surface area contributed by atoms with Crippen molar-refractivity contribution in [3.8, 4) is 5.75 Å². The van der Waals surface area contributed by atoms with Crippen LogP contribution >= 0.6 is 0 Å². The molecule has 0 bridgehead atoms. The highest BCUT2D eigenvalue weighted by Gasteiger charge is 2.19. The van der Waals surface area contributed by atoms with Crippen molar-refractivity contribution in [3.05, 3.63) is 64.7 Å². The molecule has 2 aromatic rings. The van der Waals surface area contributed by atoms with Gasteiger partial charge < -0.3 is 9.84 Å². The van der Waals surface area contributed by atoms with Crippen LogP contribution in [0.4, 0.5) is 8.78 Å². The van der Waals surface area contributed by atoms with E-state index in [4.69, 9.17) is 4.74 Å². The molecule has 0 spiro atoms. The molecule has 0 heterocycles. The van der Waals surface area contributed by atoms with Gasteiger partial charge in [0.1, 0.15) is 11.9 Å². The Kier molecular flexibility index (Phi) is 3.81. The van der Waals surface area contributed by atoms with Gasteiger partial charge >= 0.3 is 0 Å². The van der Waals surface area contributed by atoms with Gasteiger partial charge in [-0.15, -0.1) is 0 Å². The van der Waals surface area contributed by atoms with Gasteiger partial charge in [-0.25, -0.2) is 8.78 Å². The van der Waals surface area contributed by atoms with E-state index in [1.54, 1.807) is 24.3 Å². The zero-order valence-electron chi connectivity index (χ0n) is 10.7. The third kappa shape index (κ3) is 2.58. The summed E-state index contributed by atoms with van der Waals surface area (Å²) >= 11 is 0. The Morgan fingerprint density at radius 1 is 1.11 bits per heavy atom. The van der Waals surface area contributed by atoms with Crippen LogP contribution in [-0.2, 0) is 0 Å². The minimum atomic E-state index is -1.23. The van der Waals surface area contributed by atoms with Crippen molar-refractivity contribution in [2.45, 2.75) is 13.0 Å². The third-order valence-electron chi connectivity index (χ3n) is 3.01. The quantitative estimate of drug-likeness (QED) is 0.921. The van der Waals surface area contributed by atoms with E-state index < -0.39 is 17.7 Å². The van der Waals surface area contributed by atoms with Crippen LogP contribution in [0.2, 0.25) is 0 Å². The van der Waals surface area contributed by atoms with Crippen molar-refractivity contribution >= 4 is 0 Å². The van der Waals surface area contributed by atoms with Gasteiger partial charge in [0.15, 0.2) is 11.6 Å². The average molecular weight is 264 g/mol. The van der Waals surface area contributed by atoms with Crippen molar-refractivity contribution in [2.24, 2.45) is 0 Å². The van der Waals surface area contributed by atoms with Crippen molar-refractivity contribution in [2.75, 3.05) is 7.11 Å². The summed E-state index contributed by atoms with van der Waals surface area (Å²) in [5, 5.41) is 10.1. The summed E-state index contributed by atoms with van der Waals surface area (Å²) in [6.45, 7) is 1.47. The van der Waals surface area contributed by atoms with Crippen LogP contribution in [0.25, 0.3) is 0 Å². The summed E-state index contributed by atoms with van der Waals surface area (Å²) in [4.78, 5) is 0. The Labute approximate surface area is 110 Å². The normalized spacial score (nSPS) is 12.3. The van der Waals surface area contributed by atoms with Gasteiger partial charge in [-0.05, 0) is 30.2 Å². The lowest BCUT2D eigenvalue weighted by molar-refractivity contribution is 0.212. The minimum Gasteiger partial charge on any atom is -0.497 e. The molecule has 0 aliphatic heterocycles. The summed E-state index contributed by atoms with van der Waals surface area (Å²) in [5.41, 5.74) is 0.567. The molecule has 0 saturated carbocycles. The second-order valence-corrected chi connectivity index (χ2v) is 4.28. The third-order valence-corrected chi connectivity index (χ3v) is 3.01. The van der Waals surface area contributed by atoms with E-state index in [0.717, 1.165) is 0 Å². The topological polar surface area (TPSA) is 29.5 Å². The fourth-order valence-electron chi connectivity index (χ4n) is 1.86. The molecule has 0 radical (unpaired) electrons. The molecule has 0 saturated heterocycles. The molecule has 100 valence electrons. The van der Waals surface area contributed by atoms with E-state index in [-0.39, 0.29) is 11.1 Å². The van der Waals surface area contributed by atoms with Gasteiger partial charge in [0.25, 0.3) is 0 Å². The van der Waals surface area contributed by atoms with Crippen LogP contribution < -0.4 is 4.74 Å². The van der Waals surface area contributed by atoms with Crippen LogP contribution in [0.5, 0.6) is 5.75 Å². The number of aliphatic hydroxyl groups is 1. The summed E-state index contributed by atoms with van der Waals surface area (Å²) in [6, 6.07) is 9.43. The molecule has 2 rings (SSSR count). The van der Waals surface area contributed by atoms with E-state index >= 15 is 0 Å². The predicted molar refractivity (Wildman–Crippen MR) is 68.2 cm³/mol. The van der Waals surface area contributed by atoms with Gasteiger partial charge in [0.2, 0.25) is 0 Å². The molecule has 2 nitrogen and oxygen atoms in total. The molecular weight excluding hydrogens is 250 g/mol. The second-order valence-electron chi connectivity index (χ2n) is 4.28. The number of methoxy groups -OCH3 is 1. The lowest BCUT2D eigenvalue weighted by Gasteiger charge is -2.14. The fraction of sp³-hybridized carbons (Fsp3) is 0.200. The second kappa shape index (κ2) is 5.36. The minimum absolute atomic E-state index is 0.0867. The Hall–Kier alpha value is -1.94. The molecule has 4 heteroatoms. The molecule has 0 aromatic heterocycles. The Bertz CT molecular complexity index is 597. The number of hydrogen-bond acceptors (Lipinski definition) is 2. The lowest BCUT2D eigenvalue weighted by Crippen LogP contribution is -2.05. The monoisotopic (exact) mass is 264 g/mol. The summed E-state index contributed by atoms with van der Waals surface area (Å²) in [7, 11) is 1.50. The number of hydrogen-bond donors (Lipinski definition) is 1. The van der Waals surface area contributed by atoms with Crippen molar-refractivity contribution in [3.63, 3.8) is 0 Å². The van der Waals surface area contributed by atoms with Gasteiger partial charge in [0.05, 0.1) is 7.11 Å². The van der Waals surface area contributed by atoms with Gasteiger partial charge in [0, 0.05) is 5.56 Å². The van der Waals surface area contributed by atoms with Gasteiger partial charge in [-0.3, -0.25) is 0 Å². The SMILES string of the molecule is COc1cccc(C(O)c2ccc(C)c(F)c2F)c1. The van der Waals surface area contributed by atoms with Crippen molar-refractivity contribution in [1.82, 2.24) is 0 Å². The van der Waals surface area contributed by atoms with E-state index in [9.17, 15) is 13.9 Å². The summed E-state index contributed by atoms with van der Waals surface area (Å²) in [5.74, 6) is -1.40. The van der Waals surface area contributed by atoms with Crippen LogP contribution in [0.15, 0.2) is 36.4 Å². The number of halogens is 2. The maximum absolute atomic E-state index is 13.8. The zero-order valence-corrected chi connectivity index (χ0v) is 10.7. The van der Waals surface area contributed by atoms with Crippen LogP contribution in [0, 0.1) is 18.6 Å². The number of rotatable bonds is 3. The maximum Gasteiger partial charge on any atom is 0.165 e. The number of aryl methyl sites for hydroxylation is 1. The van der Waals surface area contributed by atoms with Crippen molar-refractivity contribution in [1.29, 1.82) is 0 Å². The first kappa shape index (κ1) is 13.5. The molecule has 0 aliphatic carbocycles. The Morgan fingerprint density at radius 2 is 1.84 bits per heavy atom. The van der Waals surface area contributed by atoms with Crippen LogP contribution in [-0.4, -0.2) is 12.2 Å². The molecule has 2 aromatic carbocycles. The Morgan fingerprint density at radius 3 is 2.53 bits per heavy atom. The molecular formula is C15H14F2O2. The summed E-state index contributed by atoms with van der Waals surface area (Å²) in [6.07, 6.45) is -1.23. The van der Waals surface area contributed by atoms with E-state index in [1.165, 1.54) is 26.2 Å². The van der Waals surface area contributed by atoms with Gasteiger partial charge in [-0.1, -0.05) is 24.3 Å². The molecule has 19 heavy (non-hydrogen) atoms. The highest BCUT2D eigenvalue weighted by molar-refractivity contribution is 5.37. The van der Waals surface area contributed by atoms with Crippen LogP contribution in [0.3, 0.4) is 0 Å². The Balaban J connectivity index is 2.44. The van der Waals surface area contributed by atoms with Crippen molar-refractivity contribution < 1.29 is 18.6 Å². The molecule has 1 N–H and O–H groups in total. The van der Waals surface area contributed by atoms with E-state index in [2.05, 4.69) is 0 Å². The standard InChI is InChI=1S/C15H14F2O2/c1-9-6-7-12(14(17)13(9)16)15(18)10-4-3-5-11(8-10)19-2/h3-8,15,18H,1-2H3. The van der Waals surface area contributed by atoms with E-state index in [1.807, 2.05) is 0 Å². The number of aliphatic hydroxyl groups excluding tert-OH is 1. The lowest BCUT2D eigenvalue weighted by atomic mass is 9.99. The number of ether oxygens (including phenoxy) is 1. The van der Waals surface area contributed by atoms with Crippen LogP contribution in [0.1, 0.15) is 22.8 Å². The fourth-order valence-corrected chi connectivity index (χ4v) is 1.86. The zero-order chi connectivity index (χ0) is 14.0. The largest absolute Gasteiger partial charge is 0.497 e. The first-order valence-corrected chi connectivity index (χ1v) is 5.81. The first-order chi connectivity index (χ1) is 9.04.